The molecule has 2 aromatic carbocycles. The third kappa shape index (κ3) is 3.77. The molecule has 0 heterocycles. The van der Waals surface area contributed by atoms with Crippen molar-refractivity contribution >= 4 is 59.2 Å². The van der Waals surface area contributed by atoms with E-state index in [2.05, 4.69) is 36.6 Å². The van der Waals surface area contributed by atoms with Gasteiger partial charge in [-0.3, -0.25) is 4.72 Å². The van der Waals surface area contributed by atoms with Gasteiger partial charge >= 0.3 is 0 Å². The molecule has 2 aromatic rings. The van der Waals surface area contributed by atoms with Crippen LogP contribution in [0.15, 0.2) is 50.2 Å². The van der Waals surface area contributed by atoms with Crippen molar-refractivity contribution in [3.8, 4) is 6.07 Å². The number of halogens is 3. The van der Waals surface area contributed by atoms with E-state index in [0.29, 0.717) is 14.0 Å². The summed E-state index contributed by atoms with van der Waals surface area (Å²) in [5.74, 6) is 0. The number of sulfonamides is 1. The number of nitrogens with one attached hydrogen (secondary N) is 1. The van der Waals surface area contributed by atoms with E-state index in [4.69, 9.17) is 16.9 Å². The zero-order valence-electron chi connectivity index (χ0n) is 10.3. The number of benzene rings is 2. The molecule has 0 radical (unpaired) electrons. The highest BCUT2D eigenvalue weighted by Crippen LogP contribution is 2.27. The summed E-state index contributed by atoms with van der Waals surface area (Å²) in [6, 6.07) is 10.9. The second-order valence-electron chi connectivity index (χ2n) is 3.98. The van der Waals surface area contributed by atoms with Crippen molar-refractivity contribution in [2.45, 2.75) is 4.90 Å². The van der Waals surface area contributed by atoms with Gasteiger partial charge in [-0.15, -0.1) is 0 Å². The number of rotatable bonds is 3. The van der Waals surface area contributed by atoms with E-state index < -0.39 is 10.0 Å². The molecule has 0 aliphatic carbocycles. The van der Waals surface area contributed by atoms with Crippen LogP contribution in [0.1, 0.15) is 5.56 Å². The molecule has 0 aliphatic rings. The summed E-state index contributed by atoms with van der Waals surface area (Å²) in [6.45, 7) is 0. The summed E-state index contributed by atoms with van der Waals surface area (Å²) in [7, 11) is -3.80. The number of anilines is 1. The maximum atomic E-state index is 12.3. The zero-order valence-corrected chi connectivity index (χ0v) is 15.0. The minimum absolute atomic E-state index is 0.0468. The monoisotopic (exact) mass is 448 g/mol. The highest BCUT2D eigenvalue weighted by Gasteiger charge is 2.17. The fourth-order valence-electron chi connectivity index (χ4n) is 1.55. The number of hydrogen-bond donors (Lipinski definition) is 1. The molecule has 0 amide bonds. The summed E-state index contributed by atoms with van der Waals surface area (Å²) >= 11 is 12.3. The van der Waals surface area contributed by atoms with Gasteiger partial charge in [0, 0.05) is 8.95 Å². The third-order valence-electron chi connectivity index (χ3n) is 2.55. The van der Waals surface area contributed by atoms with Crippen molar-refractivity contribution in [1.29, 1.82) is 5.26 Å². The summed E-state index contributed by atoms with van der Waals surface area (Å²) in [6.07, 6.45) is 0. The molecule has 0 atom stereocenters. The van der Waals surface area contributed by atoms with E-state index in [1.54, 1.807) is 6.07 Å². The molecule has 2 rings (SSSR count). The summed E-state index contributed by atoms with van der Waals surface area (Å²) < 4.78 is 28.2. The van der Waals surface area contributed by atoms with Gasteiger partial charge in [0.25, 0.3) is 10.0 Å². The van der Waals surface area contributed by atoms with Crippen molar-refractivity contribution in [2.75, 3.05) is 4.72 Å². The molecule has 108 valence electrons. The highest BCUT2D eigenvalue weighted by atomic mass is 79.9. The van der Waals surface area contributed by atoms with Crippen LogP contribution in [0.5, 0.6) is 0 Å². The lowest BCUT2D eigenvalue weighted by Gasteiger charge is -2.10. The molecule has 4 nitrogen and oxygen atoms in total. The Morgan fingerprint density at radius 3 is 2.48 bits per heavy atom. The molecular weight excluding hydrogens is 443 g/mol. The fraction of sp³-hybridized carbons (Fsp3) is 0. The predicted octanol–water partition coefficient (Wildman–Crippen LogP) is 4.54. The Hall–Kier alpha value is -1.07. The molecule has 0 fully saturated rings. The van der Waals surface area contributed by atoms with Crippen LogP contribution >= 0.6 is 43.5 Å². The SMILES string of the molecule is N#Cc1cc(Br)ccc1NS(=O)(=O)c1ccc(Cl)c(Br)c1. The fourth-order valence-corrected chi connectivity index (χ4v) is 3.66. The molecule has 0 bridgehead atoms. The van der Waals surface area contributed by atoms with Gasteiger partial charge in [-0.25, -0.2) is 8.42 Å². The quantitative estimate of drug-likeness (QED) is 0.747. The average Bonchev–Trinajstić information content (AvgIpc) is 2.43. The van der Waals surface area contributed by atoms with Gasteiger partial charge in [-0.1, -0.05) is 27.5 Å². The van der Waals surface area contributed by atoms with Gasteiger partial charge in [0.2, 0.25) is 0 Å². The lowest BCUT2D eigenvalue weighted by atomic mass is 10.2. The second-order valence-corrected chi connectivity index (χ2v) is 7.84. The summed E-state index contributed by atoms with van der Waals surface area (Å²) in [4.78, 5) is 0.0468. The number of nitriles is 1. The van der Waals surface area contributed by atoms with Crippen LogP contribution in [0, 0.1) is 11.3 Å². The molecule has 21 heavy (non-hydrogen) atoms. The summed E-state index contributed by atoms with van der Waals surface area (Å²) in [5.41, 5.74) is 0.438. The first-order valence-electron chi connectivity index (χ1n) is 5.51. The Morgan fingerprint density at radius 1 is 1.14 bits per heavy atom. The Labute approximate surface area is 144 Å². The van der Waals surface area contributed by atoms with Crippen LogP contribution in [-0.2, 0) is 10.0 Å². The zero-order chi connectivity index (χ0) is 15.6. The Morgan fingerprint density at radius 2 is 1.86 bits per heavy atom. The van der Waals surface area contributed by atoms with Crippen LogP contribution in [-0.4, -0.2) is 8.42 Å². The first-order valence-corrected chi connectivity index (χ1v) is 8.96. The van der Waals surface area contributed by atoms with Crippen LogP contribution in [0.2, 0.25) is 5.02 Å². The van der Waals surface area contributed by atoms with E-state index in [1.807, 2.05) is 6.07 Å². The summed E-state index contributed by atoms with van der Waals surface area (Å²) in [5, 5.41) is 9.47. The van der Waals surface area contributed by atoms with Crippen molar-refractivity contribution in [3.05, 3.63) is 55.9 Å². The number of hydrogen-bond acceptors (Lipinski definition) is 3. The molecule has 0 unspecified atom stereocenters. The molecule has 0 spiro atoms. The third-order valence-corrected chi connectivity index (χ3v) is 5.62. The highest BCUT2D eigenvalue weighted by molar-refractivity contribution is 9.10. The van der Waals surface area contributed by atoms with Crippen LogP contribution in [0.25, 0.3) is 0 Å². The van der Waals surface area contributed by atoms with Crippen LogP contribution in [0.4, 0.5) is 5.69 Å². The first-order chi connectivity index (χ1) is 9.83. The van der Waals surface area contributed by atoms with E-state index >= 15 is 0 Å². The van der Waals surface area contributed by atoms with Crippen molar-refractivity contribution in [1.82, 2.24) is 0 Å². The van der Waals surface area contributed by atoms with E-state index in [-0.39, 0.29) is 16.1 Å². The normalized spacial score (nSPS) is 11.0. The van der Waals surface area contributed by atoms with Gasteiger partial charge in [0.05, 0.1) is 21.2 Å². The molecule has 0 aliphatic heterocycles. The van der Waals surface area contributed by atoms with Crippen molar-refractivity contribution in [3.63, 3.8) is 0 Å². The predicted molar refractivity (Wildman–Crippen MR) is 88.8 cm³/mol. The molecule has 1 N–H and O–H groups in total. The van der Waals surface area contributed by atoms with E-state index in [1.165, 1.54) is 30.3 Å². The van der Waals surface area contributed by atoms with E-state index in [0.717, 1.165) is 0 Å². The molecular formula is C13H7Br2ClN2O2S. The lowest BCUT2D eigenvalue weighted by Crippen LogP contribution is -2.13. The van der Waals surface area contributed by atoms with Gasteiger partial charge in [-0.2, -0.15) is 5.26 Å². The topological polar surface area (TPSA) is 70.0 Å². The standard InChI is InChI=1S/C13H7Br2ClN2O2S/c14-9-1-4-13(8(5-9)7-17)18-21(19,20)10-2-3-12(16)11(15)6-10/h1-6,18H. The van der Waals surface area contributed by atoms with Crippen molar-refractivity contribution in [2.24, 2.45) is 0 Å². The minimum atomic E-state index is -3.80. The van der Waals surface area contributed by atoms with Crippen LogP contribution < -0.4 is 4.72 Å². The van der Waals surface area contributed by atoms with E-state index in [9.17, 15) is 8.42 Å². The van der Waals surface area contributed by atoms with Crippen molar-refractivity contribution < 1.29 is 8.42 Å². The lowest BCUT2D eigenvalue weighted by molar-refractivity contribution is 0.601. The second kappa shape index (κ2) is 6.36. The maximum absolute atomic E-state index is 12.3. The minimum Gasteiger partial charge on any atom is -0.278 e. The molecule has 0 saturated carbocycles. The molecule has 0 saturated heterocycles. The Balaban J connectivity index is 2.42. The van der Waals surface area contributed by atoms with Gasteiger partial charge in [0.15, 0.2) is 0 Å². The van der Waals surface area contributed by atoms with Gasteiger partial charge in [0.1, 0.15) is 6.07 Å². The van der Waals surface area contributed by atoms with Gasteiger partial charge in [-0.05, 0) is 52.3 Å². The Bertz CT molecular complexity index is 848. The van der Waals surface area contributed by atoms with Gasteiger partial charge < -0.3 is 0 Å². The molecule has 0 aromatic heterocycles. The maximum Gasteiger partial charge on any atom is 0.261 e. The largest absolute Gasteiger partial charge is 0.278 e. The molecule has 8 heteroatoms. The smallest absolute Gasteiger partial charge is 0.261 e. The first kappa shape index (κ1) is 16.3. The number of nitrogens with zero attached hydrogens (tertiary/aromatic N) is 1. The van der Waals surface area contributed by atoms with Crippen LogP contribution in [0.3, 0.4) is 0 Å². The Kier molecular flexibility index (Phi) is 4.94. The average molecular weight is 451 g/mol.